The molecular weight excluding hydrogens is 408 g/mol. The van der Waals surface area contributed by atoms with Crippen LogP contribution >= 0.6 is 23.1 Å². The molecule has 1 aromatic heterocycles. The van der Waals surface area contributed by atoms with E-state index in [-0.39, 0.29) is 4.90 Å². The highest BCUT2D eigenvalue weighted by Gasteiger charge is 2.18. The Bertz CT molecular complexity index is 1210. The van der Waals surface area contributed by atoms with Gasteiger partial charge < -0.3 is 0 Å². The molecule has 0 spiro atoms. The van der Waals surface area contributed by atoms with Crippen molar-refractivity contribution in [2.75, 3.05) is 0 Å². The highest BCUT2D eigenvalue weighted by Crippen LogP contribution is 2.32. The fourth-order valence-corrected chi connectivity index (χ4v) is 5.85. The van der Waals surface area contributed by atoms with Crippen LogP contribution in [0.2, 0.25) is 0 Å². The summed E-state index contributed by atoms with van der Waals surface area (Å²) in [6.07, 6.45) is 0. The normalized spacial score (nSPS) is 12.4. The van der Waals surface area contributed by atoms with Gasteiger partial charge in [0.15, 0.2) is 4.34 Å². The molecule has 7 heteroatoms. The Morgan fingerprint density at radius 2 is 1.61 bits per heavy atom. The molecule has 0 amide bonds. The number of fused-ring (bicyclic) bond motifs is 1. The number of hydrogen-bond acceptors (Lipinski definition) is 5. The average Bonchev–Trinajstić information content (AvgIpc) is 3.11. The van der Waals surface area contributed by atoms with Crippen molar-refractivity contribution in [1.29, 1.82) is 0 Å². The minimum Gasteiger partial charge on any atom is -0.229 e. The predicted molar refractivity (Wildman–Crippen MR) is 117 cm³/mol. The van der Waals surface area contributed by atoms with Gasteiger partial charge in [0.25, 0.3) is 10.0 Å². The van der Waals surface area contributed by atoms with Gasteiger partial charge in [-0.05, 0) is 43.0 Å². The molecule has 0 radical (unpaired) electrons. The molecule has 0 bridgehead atoms. The molecule has 140 valence electrons. The Hall–Kier alpha value is -2.48. The van der Waals surface area contributed by atoms with Crippen LogP contribution in [0.4, 0.5) is 0 Å². The molecule has 4 nitrogen and oxygen atoms in total. The first-order chi connectivity index (χ1) is 13.5. The minimum atomic E-state index is -3.83. The number of sulfonamides is 1. The lowest BCUT2D eigenvalue weighted by Crippen LogP contribution is -2.03. The topological polar surface area (TPSA) is 59.4 Å². The van der Waals surface area contributed by atoms with Gasteiger partial charge >= 0.3 is 0 Å². The summed E-state index contributed by atoms with van der Waals surface area (Å²) in [5, 5.41) is 0.403. The molecule has 0 saturated heterocycles. The number of para-hydroxylation sites is 1. The minimum absolute atomic E-state index is 0.177. The first kappa shape index (κ1) is 18.9. The number of aromatic nitrogens is 1. The van der Waals surface area contributed by atoms with Gasteiger partial charge in [-0.2, -0.15) is 12.8 Å². The van der Waals surface area contributed by atoms with Gasteiger partial charge in [-0.25, -0.2) is 4.98 Å². The Kier molecular flexibility index (Phi) is 5.30. The third kappa shape index (κ3) is 4.16. The molecule has 28 heavy (non-hydrogen) atoms. The largest absolute Gasteiger partial charge is 0.283 e. The van der Waals surface area contributed by atoms with Crippen LogP contribution in [0.3, 0.4) is 0 Å². The first-order valence-electron chi connectivity index (χ1n) is 8.52. The summed E-state index contributed by atoms with van der Waals surface area (Å²) in [6.45, 7) is 1.91. The summed E-state index contributed by atoms with van der Waals surface area (Å²) in [5.41, 5.74) is 2.63. The van der Waals surface area contributed by atoms with E-state index in [2.05, 4.69) is 9.38 Å². The number of hydrogen-bond donors (Lipinski definition) is 0. The lowest BCUT2D eigenvalue weighted by atomic mass is 10.2. The maximum atomic E-state index is 12.9. The van der Waals surface area contributed by atoms with E-state index >= 15 is 0 Å². The third-order valence-corrected chi connectivity index (χ3v) is 7.52. The molecule has 4 rings (SSSR count). The van der Waals surface area contributed by atoms with Crippen LogP contribution in [-0.2, 0) is 10.0 Å². The molecular formula is C21H16N2O2S3. The monoisotopic (exact) mass is 424 g/mol. The summed E-state index contributed by atoms with van der Waals surface area (Å²) in [7, 11) is -3.83. The van der Waals surface area contributed by atoms with Crippen LogP contribution in [0, 0.1) is 6.92 Å². The Labute approximate surface area is 172 Å². The SMILES string of the molecule is Cc1ccc(S(=O)(=O)N=C(Sc2nc3ccccc3s2)c2ccccc2)cc1. The van der Waals surface area contributed by atoms with Crippen LogP contribution in [0.25, 0.3) is 10.2 Å². The molecule has 4 aromatic rings. The Morgan fingerprint density at radius 3 is 2.32 bits per heavy atom. The van der Waals surface area contributed by atoms with E-state index in [0.29, 0.717) is 5.04 Å². The molecule has 0 aliphatic carbocycles. The Morgan fingerprint density at radius 1 is 0.929 bits per heavy atom. The van der Waals surface area contributed by atoms with Crippen LogP contribution in [0.5, 0.6) is 0 Å². The summed E-state index contributed by atoms with van der Waals surface area (Å²) < 4.78 is 31.7. The number of benzene rings is 3. The van der Waals surface area contributed by atoms with Gasteiger partial charge in [-0.15, -0.1) is 11.3 Å². The molecule has 0 aliphatic rings. The lowest BCUT2D eigenvalue weighted by molar-refractivity contribution is 0.598. The number of nitrogens with zero attached hydrogens (tertiary/aromatic N) is 2. The van der Waals surface area contributed by atoms with E-state index in [4.69, 9.17) is 0 Å². The van der Waals surface area contributed by atoms with Crippen LogP contribution in [-0.4, -0.2) is 18.4 Å². The maximum absolute atomic E-state index is 12.9. The van der Waals surface area contributed by atoms with E-state index < -0.39 is 10.0 Å². The number of thioether (sulfide) groups is 1. The van der Waals surface area contributed by atoms with E-state index in [1.165, 1.54) is 23.1 Å². The molecule has 0 unspecified atom stereocenters. The molecule has 1 heterocycles. The second kappa shape index (κ2) is 7.87. The van der Waals surface area contributed by atoms with Crippen molar-refractivity contribution in [3.63, 3.8) is 0 Å². The van der Waals surface area contributed by atoms with Crippen molar-refractivity contribution in [1.82, 2.24) is 4.98 Å². The fraction of sp³-hybridized carbons (Fsp3) is 0.0476. The van der Waals surface area contributed by atoms with Crippen molar-refractivity contribution in [2.45, 2.75) is 16.2 Å². The van der Waals surface area contributed by atoms with Crippen molar-refractivity contribution in [3.05, 3.63) is 90.0 Å². The van der Waals surface area contributed by atoms with Gasteiger partial charge in [0, 0.05) is 5.56 Å². The van der Waals surface area contributed by atoms with Crippen molar-refractivity contribution >= 4 is 48.4 Å². The standard InChI is InChI=1S/C21H16N2O2S3/c1-15-11-13-17(14-12-15)28(24,25)23-20(16-7-3-2-4-8-16)27-21-22-18-9-5-6-10-19(18)26-21/h2-14H,1H3. The zero-order valence-corrected chi connectivity index (χ0v) is 17.4. The zero-order valence-electron chi connectivity index (χ0n) is 14.9. The first-order valence-corrected chi connectivity index (χ1v) is 11.6. The molecule has 0 aliphatic heterocycles. The number of aryl methyl sites for hydroxylation is 1. The second-order valence-electron chi connectivity index (χ2n) is 6.10. The quantitative estimate of drug-likeness (QED) is 0.245. The smallest absolute Gasteiger partial charge is 0.229 e. The van der Waals surface area contributed by atoms with Gasteiger partial charge in [-0.3, -0.25) is 0 Å². The van der Waals surface area contributed by atoms with Crippen LogP contribution in [0.15, 0.2) is 92.5 Å². The number of rotatable bonds is 4. The zero-order chi connectivity index (χ0) is 19.6. The van der Waals surface area contributed by atoms with Crippen molar-refractivity contribution < 1.29 is 8.42 Å². The summed E-state index contributed by atoms with van der Waals surface area (Å²) in [4.78, 5) is 4.78. The molecule has 0 saturated carbocycles. The molecule has 0 atom stereocenters. The van der Waals surface area contributed by atoms with Gasteiger partial charge in [0.05, 0.1) is 15.1 Å². The van der Waals surface area contributed by atoms with Crippen molar-refractivity contribution in [3.8, 4) is 0 Å². The second-order valence-corrected chi connectivity index (χ2v) is 9.97. The van der Waals surface area contributed by atoms with Crippen LogP contribution < -0.4 is 0 Å². The van der Waals surface area contributed by atoms with Gasteiger partial charge in [0.1, 0.15) is 5.04 Å². The Balaban J connectivity index is 1.77. The van der Waals surface area contributed by atoms with Crippen molar-refractivity contribution in [2.24, 2.45) is 4.40 Å². The van der Waals surface area contributed by atoms with E-state index in [1.807, 2.05) is 61.5 Å². The van der Waals surface area contributed by atoms with Gasteiger partial charge in [-0.1, -0.05) is 60.2 Å². The van der Waals surface area contributed by atoms with E-state index in [0.717, 1.165) is 25.7 Å². The molecule has 0 N–H and O–H groups in total. The highest BCUT2D eigenvalue weighted by molar-refractivity contribution is 8.16. The lowest BCUT2D eigenvalue weighted by Gasteiger charge is -2.06. The molecule has 3 aromatic carbocycles. The average molecular weight is 425 g/mol. The number of thiazole rings is 1. The summed E-state index contributed by atoms with van der Waals surface area (Å²) in [6, 6.07) is 23.9. The maximum Gasteiger partial charge on any atom is 0.283 e. The highest BCUT2D eigenvalue weighted by atomic mass is 32.2. The van der Waals surface area contributed by atoms with Crippen LogP contribution in [0.1, 0.15) is 11.1 Å². The van der Waals surface area contributed by atoms with Gasteiger partial charge in [0.2, 0.25) is 0 Å². The summed E-state index contributed by atoms with van der Waals surface area (Å²) in [5.74, 6) is 0. The molecule has 0 fully saturated rings. The third-order valence-electron chi connectivity index (χ3n) is 4.00. The van der Waals surface area contributed by atoms with E-state index in [9.17, 15) is 8.42 Å². The fourth-order valence-electron chi connectivity index (χ4n) is 2.56. The predicted octanol–water partition coefficient (Wildman–Crippen LogP) is 5.53. The summed E-state index contributed by atoms with van der Waals surface area (Å²) >= 11 is 2.79. The van der Waals surface area contributed by atoms with E-state index in [1.54, 1.807) is 24.3 Å².